The van der Waals surface area contributed by atoms with E-state index in [1.807, 2.05) is 0 Å². The fraction of sp³-hybridized carbons (Fsp3) is 0.786. The molecule has 0 aromatic heterocycles. The molecule has 3 saturated carbocycles. The van der Waals surface area contributed by atoms with E-state index in [2.05, 4.69) is 45.0 Å². The standard InChI is InChI=1S/C10H14.3C6H11.H3P.Ru/c1-8(2)10-6-4-9(3)5-7-10;3*1-2-4-6-5-3-1;;/h4-8H,1-3H3;3*1H,2-6H2;1H3;. The summed E-state index contributed by atoms with van der Waals surface area (Å²) in [5, 5.41) is 0. The molecule has 0 bridgehead atoms. The molecule has 1 atom stereocenters. The van der Waals surface area contributed by atoms with E-state index in [0.717, 1.165) is 0 Å². The number of hydrogen-bond donors (Lipinski definition) is 0. The van der Waals surface area contributed by atoms with Crippen LogP contribution in [0.5, 0.6) is 0 Å². The maximum Gasteiger partial charge on any atom is -0.0219 e. The fourth-order valence-electron chi connectivity index (χ4n) is 5.49. The van der Waals surface area contributed by atoms with Crippen LogP contribution in [-0.4, -0.2) is 0 Å². The second-order valence-corrected chi connectivity index (χ2v) is 16.1. The van der Waals surface area contributed by atoms with Gasteiger partial charge in [0.2, 0.25) is 0 Å². The molecule has 3 aliphatic carbocycles. The van der Waals surface area contributed by atoms with Crippen LogP contribution < -0.4 is 0 Å². The second kappa shape index (κ2) is 14.4. The molecule has 0 aliphatic heterocycles. The molecular weight excluding hydrogens is 468 g/mol. The van der Waals surface area contributed by atoms with E-state index < -0.39 is 16.0 Å². The van der Waals surface area contributed by atoms with Gasteiger partial charge in [-0.1, -0.05) is 43.7 Å². The van der Waals surface area contributed by atoms with E-state index in [-0.39, 0.29) is 9.90 Å². The molecule has 1 unspecified atom stereocenters. The van der Waals surface area contributed by atoms with Crippen molar-refractivity contribution in [2.24, 2.45) is 0 Å². The van der Waals surface area contributed by atoms with Crippen LogP contribution in [0, 0.1) is 6.92 Å². The Morgan fingerprint density at radius 3 is 1.23 bits per heavy atom. The van der Waals surface area contributed by atoms with Gasteiger partial charge in [0, 0.05) is 0 Å². The van der Waals surface area contributed by atoms with Gasteiger partial charge in [-0.25, -0.2) is 0 Å². The Balaban J connectivity index is 0.000000249. The SMILES string of the molecule is C1CC[CH]([Ru]([CH]2CCCCC2)[CH]2CCCCC2)CC1.Cc1ccc(C(C)C)cc1.P. The van der Waals surface area contributed by atoms with E-state index in [0.29, 0.717) is 5.92 Å². The minimum Gasteiger partial charge on any atom is -0.153 e. The average molecular weight is 519 g/mol. The third kappa shape index (κ3) is 8.32. The molecule has 0 heterocycles. The van der Waals surface area contributed by atoms with Gasteiger partial charge in [-0.2, -0.15) is 9.90 Å². The van der Waals surface area contributed by atoms with Crippen molar-refractivity contribution in [2.75, 3.05) is 0 Å². The third-order valence-corrected chi connectivity index (χ3v) is 15.2. The summed E-state index contributed by atoms with van der Waals surface area (Å²) in [6.07, 6.45) is 24.0. The Morgan fingerprint density at radius 2 is 0.933 bits per heavy atom. The van der Waals surface area contributed by atoms with Crippen LogP contribution in [0.1, 0.15) is 127 Å². The largest absolute Gasteiger partial charge is 0.153 e. The summed E-state index contributed by atoms with van der Waals surface area (Å²) in [5.41, 5.74) is 2.76. The normalized spacial score (nSPS) is 22.1. The number of benzene rings is 1. The smallest absolute Gasteiger partial charge is 0.0219 e. The van der Waals surface area contributed by atoms with Gasteiger partial charge in [0.25, 0.3) is 0 Å². The summed E-state index contributed by atoms with van der Waals surface area (Å²) in [6, 6.07) is 8.71. The summed E-state index contributed by atoms with van der Waals surface area (Å²) in [4.78, 5) is 0. The molecule has 30 heavy (non-hydrogen) atoms. The topological polar surface area (TPSA) is 0 Å². The van der Waals surface area contributed by atoms with Crippen molar-refractivity contribution >= 4 is 9.90 Å². The van der Waals surface area contributed by atoms with Crippen molar-refractivity contribution in [2.45, 2.75) is 137 Å². The Morgan fingerprint density at radius 1 is 0.600 bits per heavy atom. The first-order valence-electron chi connectivity index (χ1n) is 12.8. The van der Waals surface area contributed by atoms with E-state index in [4.69, 9.17) is 0 Å². The molecule has 0 amide bonds. The van der Waals surface area contributed by atoms with Crippen molar-refractivity contribution < 1.29 is 16.0 Å². The average Bonchev–Trinajstić information content (AvgIpc) is 2.77. The monoisotopic (exact) mass is 519 g/mol. The molecular formula is C28H50PRu. The summed E-state index contributed by atoms with van der Waals surface area (Å²) in [5.74, 6) is 0.653. The number of rotatable bonds is 4. The summed E-state index contributed by atoms with van der Waals surface area (Å²) >= 11 is -0.530. The summed E-state index contributed by atoms with van der Waals surface area (Å²) in [6.45, 7) is 6.54. The zero-order chi connectivity index (χ0) is 20.5. The van der Waals surface area contributed by atoms with E-state index in [1.165, 1.54) is 24.7 Å². The Bertz CT molecular complexity index is 506. The molecule has 0 saturated heterocycles. The zero-order valence-corrected chi connectivity index (χ0v) is 23.4. The van der Waals surface area contributed by atoms with Crippen molar-refractivity contribution in [1.82, 2.24) is 0 Å². The van der Waals surface area contributed by atoms with Crippen LogP contribution in [0.3, 0.4) is 0 Å². The van der Waals surface area contributed by atoms with Crippen LogP contribution in [0.15, 0.2) is 24.3 Å². The summed E-state index contributed by atoms with van der Waals surface area (Å²) < 4.78 is 3.80. The number of aryl methyl sites for hydroxylation is 1. The minimum absolute atomic E-state index is 0. The Labute approximate surface area is 197 Å². The number of hydrogen-bond acceptors (Lipinski definition) is 0. The van der Waals surface area contributed by atoms with Crippen LogP contribution in [0.2, 0.25) is 13.5 Å². The van der Waals surface area contributed by atoms with E-state index >= 15 is 0 Å². The minimum atomic E-state index is -0.530. The maximum atomic E-state index is 2.21. The van der Waals surface area contributed by atoms with E-state index in [1.54, 1.807) is 96.3 Å². The zero-order valence-electron chi connectivity index (χ0n) is 20.3. The maximum absolute atomic E-state index is 2.21. The van der Waals surface area contributed by atoms with Gasteiger partial charge in [0.15, 0.2) is 0 Å². The molecule has 2 heteroatoms. The van der Waals surface area contributed by atoms with Crippen LogP contribution in [0.4, 0.5) is 0 Å². The molecule has 1 aromatic carbocycles. The van der Waals surface area contributed by atoms with Crippen molar-refractivity contribution in [3.05, 3.63) is 35.4 Å². The quantitative estimate of drug-likeness (QED) is 0.275. The first kappa shape index (κ1) is 26.5. The van der Waals surface area contributed by atoms with Crippen molar-refractivity contribution in [3.8, 4) is 0 Å². The molecule has 0 spiro atoms. The molecule has 175 valence electrons. The predicted molar refractivity (Wildman–Crippen MR) is 137 cm³/mol. The van der Waals surface area contributed by atoms with Crippen molar-refractivity contribution in [1.29, 1.82) is 0 Å². The Kier molecular flexibility index (Phi) is 12.8. The fourth-order valence-corrected chi connectivity index (χ4v) is 14.6. The van der Waals surface area contributed by atoms with Crippen molar-refractivity contribution in [3.63, 3.8) is 0 Å². The van der Waals surface area contributed by atoms with E-state index in [9.17, 15) is 0 Å². The second-order valence-electron chi connectivity index (χ2n) is 10.1. The molecule has 4 rings (SSSR count). The Hall–Kier alpha value is 0.273. The molecule has 1 aromatic rings. The van der Waals surface area contributed by atoms with Gasteiger partial charge < -0.3 is 0 Å². The third-order valence-electron chi connectivity index (χ3n) is 7.31. The molecule has 3 aliphatic rings. The van der Waals surface area contributed by atoms with Gasteiger partial charge in [0.1, 0.15) is 0 Å². The van der Waals surface area contributed by atoms with Gasteiger partial charge >= 0.3 is 126 Å². The molecule has 0 nitrogen and oxygen atoms in total. The first-order chi connectivity index (χ1) is 14.1. The van der Waals surface area contributed by atoms with Gasteiger partial charge in [-0.3, -0.25) is 0 Å². The molecule has 3 fully saturated rings. The van der Waals surface area contributed by atoms with Gasteiger partial charge in [-0.15, -0.1) is 0 Å². The summed E-state index contributed by atoms with van der Waals surface area (Å²) in [7, 11) is 0. The predicted octanol–water partition coefficient (Wildman–Crippen LogP) is 10.0. The van der Waals surface area contributed by atoms with Crippen LogP contribution in [0.25, 0.3) is 0 Å². The van der Waals surface area contributed by atoms with Crippen LogP contribution >= 0.6 is 9.90 Å². The molecule has 0 radical (unpaired) electrons. The van der Waals surface area contributed by atoms with Gasteiger partial charge in [0.05, 0.1) is 0 Å². The van der Waals surface area contributed by atoms with Crippen LogP contribution in [-0.2, 0) is 16.0 Å². The van der Waals surface area contributed by atoms with Gasteiger partial charge in [-0.05, 0) is 18.4 Å². The molecule has 0 N–H and O–H groups in total. The first-order valence-corrected chi connectivity index (χ1v) is 15.8.